The van der Waals surface area contributed by atoms with Gasteiger partial charge in [0.1, 0.15) is 6.04 Å². The lowest BCUT2D eigenvalue weighted by molar-refractivity contribution is -0.118. The molecule has 0 saturated carbocycles. The van der Waals surface area contributed by atoms with E-state index in [1.54, 1.807) is 50.3 Å². The van der Waals surface area contributed by atoms with Crippen LogP contribution in [0.3, 0.4) is 0 Å². The van der Waals surface area contributed by atoms with Crippen molar-refractivity contribution >= 4 is 34.9 Å². The summed E-state index contributed by atoms with van der Waals surface area (Å²) in [5.41, 5.74) is 2.69. The van der Waals surface area contributed by atoms with E-state index in [1.807, 2.05) is 6.07 Å². The predicted octanol–water partition coefficient (Wildman–Crippen LogP) is 5.94. The third-order valence-corrected chi connectivity index (χ3v) is 7.07. The summed E-state index contributed by atoms with van der Waals surface area (Å²) in [7, 11) is 4.66. The molecule has 2 aliphatic rings. The number of carbonyl (C=O) groups excluding carboxylic acids is 1. The minimum atomic E-state index is -0.548. The van der Waals surface area contributed by atoms with E-state index in [2.05, 4.69) is 19.2 Å². The molecule has 0 bridgehead atoms. The van der Waals surface area contributed by atoms with Gasteiger partial charge in [0.2, 0.25) is 11.7 Å². The fraction of sp³-hybridized carbons (Fsp3) is 0.346. The molecule has 0 radical (unpaired) electrons. The van der Waals surface area contributed by atoms with Crippen LogP contribution in [0.25, 0.3) is 11.4 Å². The van der Waals surface area contributed by atoms with Crippen molar-refractivity contribution in [1.29, 1.82) is 0 Å². The number of hydrogen-bond donors (Lipinski definition) is 1. The maximum Gasteiger partial charge on any atom is 0.226 e. The highest BCUT2D eigenvalue weighted by Gasteiger charge is 2.42. The number of nitrogens with zero attached hydrogens (tertiary/aromatic N) is 3. The number of fused-ring (bicyclic) bond motifs is 1. The van der Waals surface area contributed by atoms with E-state index in [4.69, 9.17) is 47.5 Å². The quantitative estimate of drug-likeness (QED) is 0.438. The number of anilines is 1. The lowest BCUT2D eigenvalue weighted by atomic mass is 9.73. The Balaban J connectivity index is 1.70. The molecule has 0 spiro atoms. The largest absolute Gasteiger partial charge is 0.493 e. The molecular weight excluding hydrogens is 503 g/mol. The van der Waals surface area contributed by atoms with E-state index in [1.165, 1.54) is 0 Å². The van der Waals surface area contributed by atoms with E-state index >= 15 is 0 Å². The van der Waals surface area contributed by atoms with Gasteiger partial charge < -0.3 is 19.5 Å². The van der Waals surface area contributed by atoms with Crippen molar-refractivity contribution in [2.24, 2.45) is 5.41 Å². The summed E-state index contributed by atoms with van der Waals surface area (Å²) in [5.74, 6) is 2.44. The van der Waals surface area contributed by atoms with Crippen molar-refractivity contribution in [1.82, 2.24) is 14.8 Å². The van der Waals surface area contributed by atoms with E-state index in [0.29, 0.717) is 63.0 Å². The number of benzene rings is 2. The predicted molar refractivity (Wildman–Crippen MR) is 138 cm³/mol. The van der Waals surface area contributed by atoms with Crippen LogP contribution in [0.1, 0.15) is 38.3 Å². The van der Waals surface area contributed by atoms with Crippen LogP contribution in [-0.2, 0) is 4.79 Å². The highest BCUT2D eigenvalue weighted by atomic mass is 35.5. The minimum Gasteiger partial charge on any atom is -0.493 e. The number of ether oxygens (including phenoxy) is 3. The van der Waals surface area contributed by atoms with E-state index in [0.717, 1.165) is 11.3 Å². The topological polar surface area (TPSA) is 87.5 Å². The molecule has 1 aliphatic heterocycles. The van der Waals surface area contributed by atoms with Crippen LogP contribution in [0.15, 0.2) is 41.6 Å². The number of hydrogen-bond acceptors (Lipinski definition) is 7. The lowest BCUT2D eigenvalue weighted by Crippen LogP contribution is -2.36. The molecule has 1 atom stereocenters. The third kappa shape index (κ3) is 4.08. The molecule has 2 aromatic carbocycles. The molecule has 1 aromatic heterocycles. The van der Waals surface area contributed by atoms with Crippen LogP contribution < -0.4 is 19.5 Å². The number of allylic oxidation sites excluding steroid dienone is 2. The number of Topliss-reactive ketones (excluding diaryl/α,β-unsaturated/α-hetero) is 1. The Labute approximate surface area is 219 Å². The summed E-state index contributed by atoms with van der Waals surface area (Å²) in [5, 5.41) is 9.17. The van der Waals surface area contributed by atoms with Crippen molar-refractivity contribution in [2.75, 3.05) is 26.6 Å². The van der Waals surface area contributed by atoms with E-state index < -0.39 is 6.04 Å². The Hall–Kier alpha value is -3.23. The van der Waals surface area contributed by atoms with Gasteiger partial charge >= 0.3 is 0 Å². The minimum absolute atomic E-state index is 0.0558. The highest BCUT2D eigenvalue weighted by molar-refractivity contribution is 6.35. The molecule has 1 unspecified atom stereocenters. The number of methoxy groups -OCH3 is 3. The molecule has 1 N–H and O–H groups in total. The normalized spacial score (nSPS) is 18.3. The molecule has 0 amide bonds. The zero-order chi connectivity index (χ0) is 25.8. The Morgan fingerprint density at radius 3 is 2.33 bits per heavy atom. The van der Waals surface area contributed by atoms with Gasteiger partial charge in [0.15, 0.2) is 23.1 Å². The number of rotatable bonds is 5. The standard InChI is InChI=1S/C26H26Cl2N4O4/c1-26(2)11-17-21(18(33)12-26)22(15-7-6-14(27)10-16(15)28)32-25(29-17)30-24(31-32)13-8-19(34-3)23(36-5)20(9-13)35-4/h6-10,22H,11-12H2,1-5H3,(H,29,30,31). The molecule has 10 heteroatoms. The van der Waals surface area contributed by atoms with Crippen LogP contribution >= 0.6 is 23.2 Å². The van der Waals surface area contributed by atoms with Crippen molar-refractivity contribution < 1.29 is 19.0 Å². The second kappa shape index (κ2) is 9.01. The fourth-order valence-electron chi connectivity index (χ4n) is 4.95. The van der Waals surface area contributed by atoms with Crippen LogP contribution in [0.4, 0.5) is 5.95 Å². The summed E-state index contributed by atoms with van der Waals surface area (Å²) in [6.45, 7) is 4.17. The Morgan fingerprint density at radius 2 is 1.72 bits per heavy atom. The summed E-state index contributed by atoms with van der Waals surface area (Å²) >= 11 is 12.8. The lowest BCUT2D eigenvalue weighted by Gasteiger charge is -2.38. The first kappa shape index (κ1) is 24.5. The highest BCUT2D eigenvalue weighted by Crippen LogP contribution is 2.47. The van der Waals surface area contributed by atoms with Gasteiger partial charge in [-0.15, -0.1) is 5.10 Å². The summed E-state index contributed by atoms with van der Waals surface area (Å²) < 4.78 is 18.2. The van der Waals surface area contributed by atoms with E-state index in [9.17, 15) is 4.79 Å². The average Bonchev–Trinajstić information content (AvgIpc) is 3.25. The zero-order valence-electron chi connectivity index (χ0n) is 20.6. The molecule has 0 saturated heterocycles. The van der Waals surface area contributed by atoms with Gasteiger partial charge in [0.05, 0.1) is 21.3 Å². The SMILES string of the molecule is COc1cc(-c2nc3n(n2)C(c2ccc(Cl)cc2Cl)C2=C(CC(C)(C)CC2=O)N3)cc(OC)c1OC. The molecule has 0 fully saturated rings. The Morgan fingerprint density at radius 1 is 1.03 bits per heavy atom. The smallest absolute Gasteiger partial charge is 0.226 e. The Bertz CT molecular complexity index is 1390. The number of carbonyl (C=O) groups is 1. The van der Waals surface area contributed by atoms with Gasteiger partial charge in [-0.2, -0.15) is 4.98 Å². The van der Waals surface area contributed by atoms with Crippen LogP contribution in [-0.4, -0.2) is 41.9 Å². The first-order valence-electron chi connectivity index (χ1n) is 11.4. The third-order valence-electron chi connectivity index (χ3n) is 6.51. The Kier molecular flexibility index (Phi) is 6.12. The average molecular weight is 529 g/mol. The first-order valence-corrected chi connectivity index (χ1v) is 12.2. The zero-order valence-corrected chi connectivity index (χ0v) is 22.1. The van der Waals surface area contributed by atoms with Gasteiger partial charge in [0.25, 0.3) is 0 Å². The molecule has 1 aliphatic carbocycles. The first-order chi connectivity index (χ1) is 17.2. The summed E-state index contributed by atoms with van der Waals surface area (Å²) in [6.07, 6.45) is 1.13. The molecule has 2 heterocycles. The van der Waals surface area contributed by atoms with Crippen molar-refractivity contribution in [2.45, 2.75) is 32.7 Å². The van der Waals surface area contributed by atoms with Gasteiger partial charge in [-0.25, -0.2) is 4.68 Å². The fourth-order valence-corrected chi connectivity index (χ4v) is 5.46. The van der Waals surface area contributed by atoms with Crippen molar-refractivity contribution in [3.8, 4) is 28.6 Å². The number of aromatic nitrogens is 3. The molecule has 5 rings (SSSR count). The summed E-state index contributed by atoms with van der Waals surface area (Å²) in [6, 6.07) is 8.30. The maximum atomic E-state index is 13.5. The molecule has 36 heavy (non-hydrogen) atoms. The van der Waals surface area contributed by atoms with Crippen molar-refractivity contribution in [3.63, 3.8) is 0 Å². The van der Waals surface area contributed by atoms with Gasteiger partial charge in [0, 0.05) is 38.9 Å². The number of nitrogens with one attached hydrogen (secondary N) is 1. The molecule has 3 aromatic rings. The maximum absolute atomic E-state index is 13.5. The molecular formula is C26H26Cl2N4O4. The monoisotopic (exact) mass is 528 g/mol. The second-order valence-electron chi connectivity index (χ2n) is 9.64. The van der Waals surface area contributed by atoms with Gasteiger partial charge in [-0.3, -0.25) is 4.79 Å². The van der Waals surface area contributed by atoms with Gasteiger partial charge in [-0.05, 0) is 36.1 Å². The molecule has 188 valence electrons. The number of halogens is 2. The number of ketones is 1. The van der Waals surface area contributed by atoms with Gasteiger partial charge in [-0.1, -0.05) is 43.1 Å². The van der Waals surface area contributed by atoms with E-state index in [-0.39, 0.29) is 11.2 Å². The summed E-state index contributed by atoms with van der Waals surface area (Å²) in [4.78, 5) is 18.2. The van der Waals surface area contributed by atoms with Crippen molar-refractivity contribution in [3.05, 3.63) is 57.2 Å². The van der Waals surface area contributed by atoms with Crippen LogP contribution in [0, 0.1) is 5.41 Å². The van der Waals surface area contributed by atoms with Crippen LogP contribution in [0.2, 0.25) is 10.0 Å². The molecule has 8 nitrogen and oxygen atoms in total. The van der Waals surface area contributed by atoms with Crippen LogP contribution in [0.5, 0.6) is 17.2 Å². The second-order valence-corrected chi connectivity index (χ2v) is 10.5.